The van der Waals surface area contributed by atoms with Crippen LogP contribution >= 0.6 is 0 Å². The highest BCUT2D eigenvalue weighted by Crippen LogP contribution is 2.22. The Morgan fingerprint density at radius 3 is 2.95 bits per heavy atom. The number of carbonyl (C=O) groups is 1. The third-order valence-corrected chi connectivity index (χ3v) is 4.02. The lowest BCUT2D eigenvalue weighted by Crippen LogP contribution is -2.39. The first kappa shape index (κ1) is 13.9. The lowest BCUT2D eigenvalue weighted by Gasteiger charge is -2.29. The van der Waals surface area contributed by atoms with Crippen molar-refractivity contribution in [3.8, 4) is 0 Å². The number of anilines is 1. The zero-order valence-electron chi connectivity index (χ0n) is 12.1. The summed E-state index contributed by atoms with van der Waals surface area (Å²) in [6, 6.07) is 5.48. The number of hydrogen-bond acceptors (Lipinski definition) is 5. The molecule has 0 unspecified atom stereocenters. The highest BCUT2D eigenvalue weighted by molar-refractivity contribution is 5.78. The van der Waals surface area contributed by atoms with Gasteiger partial charge in [0.2, 0.25) is 11.8 Å². The molecule has 1 aromatic carbocycles. The van der Waals surface area contributed by atoms with Crippen molar-refractivity contribution in [3.05, 3.63) is 24.1 Å². The molecule has 6 heteroatoms. The summed E-state index contributed by atoms with van der Waals surface area (Å²) in [6.07, 6.45) is 1.76. The molecular weight excluding hydrogens is 268 g/mol. The molecule has 1 amide bonds. The molecule has 1 aliphatic heterocycles. The maximum Gasteiger partial charge on any atom is 0.222 e. The number of nitrogens with zero attached hydrogens (tertiary/aromatic N) is 2. The van der Waals surface area contributed by atoms with Crippen molar-refractivity contribution in [1.29, 1.82) is 0 Å². The molecule has 2 aromatic rings. The van der Waals surface area contributed by atoms with Gasteiger partial charge in [-0.05, 0) is 44.1 Å². The van der Waals surface area contributed by atoms with Gasteiger partial charge >= 0.3 is 0 Å². The molecule has 21 heavy (non-hydrogen) atoms. The van der Waals surface area contributed by atoms with Gasteiger partial charge in [0.15, 0.2) is 5.58 Å². The summed E-state index contributed by atoms with van der Waals surface area (Å²) in [4.78, 5) is 18.4. The Balaban J connectivity index is 1.63. The lowest BCUT2D eigenvalue weighted by molar-refractivity contribution is -0.125. The number of fused-ring (bicyclic) bond motifs is 1. The average molecular weight is 288 g/mol. The van der Waals surface area contributed by atoms with Gasteiger partial charge in [-0.15, -0.1) is 0 Å². The Morgan fingerprint density at radius 1 is 1.48 bits per heavy atom. The predicted molar refractivity (Wildman–Crippen MR) is 80.5 cm³/mol. The van der Waals surface area contributed by atoms with Gasteiger partial charge in [-0.25, -0.2) is 4.98 Å². The molecular formula is C15H20N4O2. The summed E-state index contributed by atoms with van der Waals surface area (Å²) in [5.41, 5.74) is 7.99. The zero-order valence-corrected chi connectivity index (χ0v) is 12.1. The molecule has 3 N–H and O–H groups in total. The number of likely N-dealkylation sites (tertiary alicyclic amines) is 1. The topological polar surface area (TPSA) is 84.4 Å². The normalized spacial score (nSPS) is 17.2. The highest BCUT2D eigenvalue weighted by Gasteiger charge is 2.24. The number of hydrogen-bond donors (Lipinski definition) is 2. The zero-order chi connectivity index (χ0) is 14.8. The van der Waals surface area contributed by atoms with Crippen LogP contribution < -0.4 is 11.1 Å². The predicted octanol–water partition coefficient (Wildman–Crippen LogP) is 1.37. The molecule has 0 saturated carbocycles. The Morgan fingerprint density at radius 2 is 2.24 bits per heavy atom. The van der Waals surface area contributed by atoms with Gasteiger partial charge < -0.3 is 15.5 Å². The summed E-state index contributed by atoms with van der Waals surface area (Å²) in [6.45, 7) is 2.45. The van der Waals surface area contributed by atoms with Crippen molar-refractivity contribution in [2.75, 3.05) is 25.9 Å². The number of piperidine rings is 1. The van der Waals surface area contributed by atoms with Crippen LogP contribution in [-0.4, -0.2) is 35.9 Å². The number of rotatable bonds is 3. The van der Waals surface area contributed by atoms with E-state index in [4.69, 9.17) is 10.2 Å². The van der Waals surface area contributed by atoms with E-state index in [2.05, 4.69) is 15.2 Å². The van der Waals surface area contributed by atoms with Crippen LogP contribution in [0.15, 0.2) is 22.6 Å². The van der Waals surface area contributed by atoms with E-state index in [1.165, 1.54) is 0 Å². The van der Waals surface area contributed by atoms with E-state index in [-0.39, 0.29) is 11.8 Å². The standard InChI is InChI=1S/C15H20N4O2/c1-17-15(20)10-4-6-19(7-5-10)9-14-18-12-8-11(16)2-3-13(12)21-14/h2-3,8,10H,4-7,9,16H2,1H3,(H,17,20). The quantitative estimate of drug-likeness (QED) is 0.833. The van der Waals surface area contributed by atoms with E-state index in [1.54, 1.807) is 7.05 Å². The monoisotopic (exact) mass is 288 g/mol. The number of nitrogen functional groups attached to an aromatic ring is 1. The molecule has 1 aromatic heterocycles. The van der Waals surface area contributed by atoms with Gasteiger partial charge in [0.25, 0.3) is 0 Å². The molecule has 0 aliphatic carbocycles. The Kier molecular flexibility index (Phi) is 3.79. The summed E-state index contributed by atoms with van der Waals surface area (Å²) in [5, 5.41) is 2.72. The van der Waals surface area contributed by atoms with Crippen molar-refractivity contribution in [3.63, 3.8) is 0 Å². The van der Waals surface area contributed by atoms with Gasteiger partial charge in [-0.1, -0.05) is 0 Å². The van der Waals surface area contributed by atoms with Crippen molar-refractivity contribution < 1.29 is 9.21 Å². The molecule has 1 aliphatic rings. The minimum absolute atomic E-state index is 0.134. The molecule has 1 fully saturated rings. The maximum atomic E-state index is 11.6. The molecule has 0 spiro atoms. The van der Waals surface area contributed by atoms with E-state index in [0.29, 0.717) is 18.1 Å². The second-order valence-electron chi connectivity index (χ2n) is 5.50. The van der Waals surface area contributed by atoms with Crippen LogP contribution in [0.4, 0.5) is 5.69 Å². The van der Waals surface area contributed by atoms with E-state index in [0.717, 1.165) is 37.0 Å². The Labute approximate surface area is 123 Å². The van der Waals surface area contributed by atoms with Gasteiger partial charge in [0, 0.05) is 18.7 Å². The molecule has 1 saturated heterocycles. The first-order chi connectivity index (χ1) is 10.2. The van der Waals surface area contributed by atoms with E-state index in [9.17, 15) is 4.79 Å². The number of amides is 1. The molecule has 2 heterocycles. The van der Waals surface area contributed by atoms with E-state index in [1.807, 2.05) is 18.2 Å². The van der Waals surface area contributed by atoms with Crippen molar-refractivity contribution in [1.82, 2.24) is 15.2 Å². The fourth-order valence-electron chi connectivity index (χ4n) is 2.81. The fourth-order valence-corrected chi connectivity index (χ4v) is 2.81. The van der Waals surface area contributed by atoms with Crippen LogP contribution in [0.5, 0.6) is 0 Å². The van der Waals surface area contributed by atoms with Crippen molar-refractivity contribution >= 4 is 22.7 Å². The second-order valence-corrected chi connectivity index (χ2v) is 5.50. The second kappa shape index (κ2) is 5.73. The summed E-state index contributed by atoms with van der Waals surface area (Å²) in [7, 11) is 1.69. The van der Waals surface area contributed by atoms with Crippen LogP contribution in [0.25, 0.3) is 11.1 Å². The Bertz CT molecular complexity index is 644. The first-order valence-corrected chi connectivity index (χ1v) is 7.24. The molecule has 6 nitrogen and oxygen atoms in total. The summed E-state index contributed by atoms with van der Waals surface area (Å²) in [5.74, 6) is 0.982. The number of nitrogens with two attached hydrogens (primary N) is 1. The number of carbonyl (C=O) groups excluding carboxylic acids is 1. The van der Waals surface area contributed by atoms with Gasteiger partial charge in [-0.3, -0.25) is 9.69 Å². The molecule has 0 bridgehead atoms. The molecule has 0 radical (unpaired) electrons. The van der Waals surface area contributed by atoms with Crippen molar-refractivity contribution in [2.24, 2.45) is 5.92 Å². The molecule has 0 atom stereocenters. The highest BCUT2D eigenvalue weighted by atomic mass is 16.3. The minimum atomic E-state index is 0.134. The van der Waals surface area contributed by atoms with Crippen LogP contribution in [0.3, 0.4) is 0 Å². The maximum absolute atomic E-state index is 11.6. The number of aromatic nitrogens is 1. The van der Waals surface area contributed by atoms with E-state index < -0.39 is 0 Å². The number of oxazole rings is 1. The molecule has 3 rings (SSSR count). The van der Waals surface area contributed by atoms with Crippen LogP contribution in [0.1, 0.15) is 18.7 Å². The van der Waals surface area contributed by atoms with E-state index >= 15 is 0 Å². The smallest absolute Gasteiger partial charge is 0.222 e. The van der Waals surface area contributed by atoms with Crippen LogP contribution in [0, 0.1) is 5.92 Å². The lowest BCUT2D eigenvalue weighted by atomic mass is 9.96. The Hall–Kier alpha value is -2.08. The first-order valence-electron chi connectivity index (χ1n) is 7.24. The van der Waals surface area contributed by atoms with Gasteiger partial charge in [0.1, 0.15) is 5.52 Å². The van der Waals surface area contributed by atoms with Crippen LogP contribution in [0.2, 0.25) is 0 Å². The molecule has 112 valence electrons. The fraction of sp³-hybridized carbons (Fsp3) is 0.467. The SMILES string of the molecule is CNC(=O)C1CCN(Cc2nc3cc(N)ccc3o2)CC1. The summed E-state index contributed by atoms with van der Waals surface area (Å²) < 4.78 is 5.73. The van der Waals surface area contributed by atoms with Gasteiger partial charge in [-0.2, -0.15) is 0 Å². The third-order valence-electron chi connectivity index (χ3n) is 4.02. The summed E-state index contributed by atoms with van der Waals surface area (Å²) >= 11 is 0. The number of nitrogens with one attached hydrogen (secondary N) is 1. The van der Waals surface area contributed by atoms with Crippen molar-refractivity contribution in [2.45, 2.75) is 19.4 Å². The average Bonchev–Trinajstić information content (AvgIpc) is 2.88. The van der Waals surface area contributed by atoms with Crippen LogP contribution in [-0.2, 0) is 11.3 Å². The van der Waals surface area contributed by atoms with Gasteiger partial charge in [0.05, 0.1) is 6.54 Å². The largest absolute Gasteiger partial charge is 0.439 e. The number of benzene rings is 1. The third kappa shape index (κ3) is 3.00. The minimum Gasteiger partial charge on any atom is -0.439 e.